The van der Waals surface area contributed by atoms with Gasteiger partial charge in [0.25, 0.3) is 5.91 Å². The third-order valence-electron chi connectivity index (χ3n) is 2.46. The van der Waals surface area contributed by atoms with Crippen molar-refractivity contribution in [1.29, 1.82) is 0 Å². The SMILES string of the molecule is C/C(=N/NC(=O)Cn1nnnc1N)c1ccc(Br)cc1. The van der Waals surface area contributed by atoms with Crippen LogP contribution in [-0.4, -0.2) is 31.8 Å². The van der Waals surface area contributed by atoms with Crippen molar-refractivity contribution in [2.75, 3.05) is 5.73 Å². The standard InChI is InChI=1S/C11H12BrN7O/c1-7(8-2-4-9(12)5-3-8)14-15-10(20)6-19-11(13)16-17-18-19/h2-5H,6H2,1H3,(H,15,20)(H2,13,16,18)/b14-7-. The van der Waals surface area contributed by atoms with Crippen LogP contribution < -0.4 is 11.2 Å². The second-order valence-corrected chi connectivity index (χ2v) is 4.85. The second kappa shape index (κ2) is 6.24. The van der Waals surface area contributed by atoms with E-state index < -0.39 is 0 Å². The Hall–Kier alpha value is -2.29. The van der Waals surface area contributed by atoms with Crippen molar-refractivity contribution in [3.05, 3.63) is 34.3 Å². The van der Waals surface area contributed by atoms with Crippen LogP contribution in [0.3, 0.4) is 0 Å². The molecule has 1 aromatic heterocycles. The topological polar surface area (TPSA) is 111 Å². The second-order valence-electron chi connectivity index (χ2n) is 3.93. The van der Waals surface area contributed by atoms with Crippen molar-refractivity contribution in [1.82, 2.24) is 25.6 Å². The molecule has 0 aliphatic rings. The van der Waals surface area contributed by atoms with Gasteiger partial charge in [-0.15, -0.1) is 0 Å². The number of carbonyl (C=O) groups excluding carboxylic acids is 1. The maximum Gasteiger partial charge on any atom is 0.262 e. The fourth-order valence-electron chi connectivity index (χ4n) is 1.40. The number of nitrogens with one attached hydrogen (secondary N) is 1. The third-order valence-corrected chi connectivity index (χ3v) is 2.99. The van der Waals surface area contributed by atoms with Crippen molar-refractivity contribution in [2.24, 2.45) is 5.10 Å². The molecular formula is C11H12BrN7O. The van der Waals surface area contributed by atoms with E-state index in [4.69, 9.17) is 5.73 Å². The maximum absolute atomic E-state index is 11.7. The Balaban J connectivity index is 1.96. The molecule has 0 saturated heterocycles. The fraction of sp³-hybridized carbons (Fsp3) is 0.182. The summed E-state index contributed by atoms with van der Waals surface area (Å²) in [6.07, 6.45) is 0. The Morgan fingerprint density at radius 2 is 2.15 bits per heavy atom. The molecule has 0 atom stereocenters. The average Bonchev–Trinajstić information content (AvgIpc) is 2.82. The van der Waals surface area contributed by atoms with Gasteiger partial charge >= 0.3 is 0 Å². The quantitative estimate of drug-likeness (QED) is 0.625. The molecule has 0 bridgehead atoms. The molecule has 3 N–H and O–H groups in total. The molecule has 9 heteroatoms. The summed E-state index contributed by atoms with van der Waals surface area (Å²) in [4.78, 5) is 11.7. The zero-order valence-corrected chi connectivity index (χ0v) is 12.2. The number of hydrogen-bond donors (Lipinski definition) is 2. The largest absolute Gasteiger partial charge is 0.367 e. The first-order valence-corrected chi connectivity index (χ1v) is 6.46. The van der Waals surface area contributed by atoms with Gasteiger partial charge in [-0.25, -0.2) is 10.1 Å². The molecule has 0 aliphatic heterocycles. The number of amides is 1. The molecule has 1 amide bonds. The molecule has 2 rings (SSSR count). The van der Waals surface area contributed by atoms with Crippen molar-refractivity contribution in [2.45, 2.75) is 13.5 Å². The molecule has 20 heavy (non-hydrogen) atoms. The zero-order valence-electron chi connectivity index (χ0n) is 10.6. The summed E-state index contributed by atoms with van der Waals surface area (Å²) in [5.41, 5.74) is 9.49. The molecule has 0 unspecified atom stereocenters. The number of aromatic nitrogens is 4. The highest BCUT2D eigenvalue weighted by Crippen LogP contribution is 2.10. The smallest absolute Gasteiger partial charge is 0.262 e. The van der Waals surface area contributed by atoms with E-state index in [-0.39, 0.29) is 18.4 Å². The Morgan fingerprint density at radius 3 is 2.75 bits per heavy atom. The molecule has 0 saturated carbocycles. The first-order valence-electron chi connectivity index (χ1n) is 5.67. The Labute approximate surface area is 123 Å². The minimum Gasteiger partial charge on any atom is -0.367 e. The number of tetrazole rings is 1. The first-order chi connectivity index (χ1) is 9.56. The van der Waals surface area contributed by atoms with Gasteiger partial charge in [-0.05, 0) is 35.0 Å². The van der Waals surface area contributed by atoms with Gasteiger partial charge in [0.05, 0.1) is 5.71 Å². The van der Waals surface area contributed by atoms with E-state index in [0.29, 0.717) is 5.71 Å². The number of benzene rings is 1. The van der Waals surface area contributed by atoms with Gasteiger partial charge in [0.2, 0.25) is 5.95 Å². The third kappa shape index (κ3) is 3.60. The number of nitrogen functional groups attached to an aromatic ring is 1. The summed E-state index contributed by atoms with van der Waals surface area (Å²) in [6.45, 7) is 1.71. The highest BCUT2D eigenvalue weighted by molar-refractivity contribution is 9.10. The summed E-state index contributed by atoms with van der Waals surface area (Å²) >= 11 is 3.35. The number of carbonyl (C=O) groups is 1. The lowest BCUT2D eigenvalue weighted by Gasteiger charge is -2.03. The minimum atomic E-state index is -0.361. The van der Waals surface area contributed by atoms with Gasteiger partial charge in [-0.3, -0.25) is 4.79 Å². The summed E-state index contributed by atoms with van der Waals surface area (Å²) in [7, 11) is 0. The lowest BCUT2D eigenvalue weighted by atomic mass is 10.1. The normalized spacial score (nSPS) is 11.4. The molecular weight excluding hydrogens is 326 g/mol. The van der Waals surface area contributed by atoms with Crippen LogP contribution in [0, 0.1) is 0 Å². The lowest BCUT2D eigenvalue weighted by molar-refractivity contribution is -0.121. The van der Waals surface area contributed by atoms with E-state index in [2.05, 4.69) is 42.0 Å². The summed E-state index contributed by atoms with van der Waals surface area (Å²) < 4.78 is 2.16. The number of hydrogen-bond acceptors (Lipinski definition) is 6. The Morgan fingerprint density at radius 1 is 1.45 bits per heavy atom. The minimum absolute atomic E-state index is 0.0776. The van der Waals surface area contributed by atoms with Crippen LogP contribution in [0.4, 0.5) is 5.95 Å². The van der Waals surface area contributed by atoms with E-state index in [1.165, 1.54) is 4.68 Å². The molecule has 0 aliphatic carbocycles. The van der Waals surface area contributed by atoms with Crippen molar-refractivity contribution in [3.63, 3.8) is 0 Å². The molecule has 1 heterocycles. The van der Waals surface area contributed by atoms with Crippen LogP contribution in [0.25, 0.3) is 0 Å². The van der Waals surface area contributed by atoms with E-state index in [1.54, 1.807) is 6.92 Å². The molecule has 0 spiro atoms. The van der Waals surface area contributed by atoms with Crippen LogP contribution in [0.15, 0.2) is 33.8 Å². The van der Waals surface area contributed by atoms with E-state index in [0.717, 1.165) is 10.0 Å². The Bertz CT molecular complexity index is 634. The first kappa shape index (κ1) is 14.1. The lowest BCUT2D eigenvalue weighted by Crippen LogP contribution is -2.25. The van der Waals surface area contributed by atoms with E-state index in [9.17, 15) is 4.79 Å². The summed E-state index contributed by atoms with van der Waals surface area (Å²) in [5.74, 6) is -0.283. The number of hydrazone groups is 1. The fourth-order valence-corrected chi connectivity index (χ4v) is 1.66. The van der Waals surface area contributed by atoms with Gasteiger partial charge in [0, 0.05) is 4.47 Å². The highest BCUT2D eigenvalue weighted by atomic mass is 79.9. The van der Waals surface area contributed by atoms with E-state index >= 15 is 0 Å². The average molecular weight is 338 g/mol. The van der Waals surface area contributed by atoms with Gasteiger partial charge < -0.3 is 5.73 Å². The van der Waals surface area contributed by atoms with Crippen LogP contribution in [-0.2, 0) is 11.3 Å². The zero-order chi connectivity index (χ0) is 14.5. The van der Waals surface area contributed by atoms with Gasteiger partial charge in [0.15, 0.2) is 0 Å². The summed E-state index contributed by atoms with van der Waals surface area (Å²) in [5, 5.41) is 14.4. The molecule has 2 aromatic rings. The van der Waals surface area contributed by atoms with Crippen LogP contribution >= 0.6 is 15.9 Å². The molecule has 8 nitrogen and oxygen atoms in total. The number of nitrogens with two attached hydrogens (primary N) is 1. The van der Waals surface area contributed by atoms with Crippen LogP contribution in [0.2, 0.25) is 0 Å². The molecule has 104 valence electrons. The predicted molar refractivity (Wildman–Crippen MR) is 76.7 cm³/mol. The van der Waals surface area contributed by atoms with Crippen LogP contribution in [0.1, 0.15) is 12.5 Å². The number of rotatable bonds is 4. The van der Waals surface area contributed by atoms with Gasteiger partial charge in [0.1, 0.15) is 6.54 Å². The monoisotopic (exact) mass is 337 g/mol. The summed E-state index contributed by atoms with van der Waals surface area (Å²) in [6, 6.07) is 7.60. The highest BCUT2D eigenvalue weighted by Gasteiger charge is 2.07. The predicted octanol–water partition coefficient (Wildman–Crippen LogP) is 0.558. The number of halogens is 1. The van der Waals surface area contributed by atoms with E-state index in [1.807, 2.05) is 24.3 Å². The Kier molecular flexibility index (Phi) is 4.41. The van der Waals surface area contributed by atoms with Crippen molar-refractivity contribution in [3.8, 4) is 0 Å². The molecule has 0 fully saturated rings. The molecule has 0 radical (unpaired) electrons. The number of anilines is 1. The van der Waals surface area contributed by atoms with Crippen molar-refractivity contribution >= 4 is 33.5 Å². The van der Waals surface area contributed by atoms with Gasteiger partial charge in [-0.1, -0.05) is 33.2 Å². The van der Waals surface area contributed by atoms with Crippen molar-refractivity contribution < 1.29 is 4.79 Å². The van der Waals surface area contributed by atoms with Crippen LogP contribution in [0.5, 0.6) is 0 Å². The van der Waals surface area contributed by atoms with Gasteiger partial charge in [-0.2, -0.15) is 5.10 Å². The number of nitrogens with zero attached hydrogens (tertiary/aromatic N) is 5. The maximum atomic E-state index is 11.7. The molecule has 1 aromatic carbocycles.